The zero-order valence-electron chi connectivity index (χ0n) is 13.7. The summed E-state index contributed by atoms with van der Waals surface area (Å²) in [5.41, 5.74) is 2.37. The number of aryl methyl sites for hydroxylation is 1. The van der Waals surface area contributed by atoms with Crippen molar-refractivity contribution in [1.82, 2.24) is 9.97 Å². The van der Waals surface area contributed by atoms with Gasteiger partial charge in [-0.3, -0.25) is 9.59 Å². The van der Waals surface area contributed by atoms with Crippen LogP contribution in [0, 0.1) is 6.92 Å². The molecule has 0 radical (unpaired) electrons. The number of benzene rings is 1. The number of nitrogens with zero attached hydrogens (tertiary/aromatic N) is 1. The van der Waals surface area contributed by atoms with E-state index < -0.39 is 0 Å². The Balaban J connectivity index is 2.08. The van der Waals surface area contributed by atoms with Crippen molar-refractivity contribution in [2.24, 2.45) is 0 Å². The number of thioether (sulfide) groups is 1. The number of hydrogen-bond donors (Lipinski definition) is 2. The first-order chi connectivity index (χ1) is 10.8. The minimum Gasteiger partial charge on any atom is -0.325 e. The van der Waals surface area contributed by atoms with Crippen LogP contribution in [-0.4, -0.2) is 21.1 Å². The fourth-order valence-electron chi connectivity index (χ4n) is 1.99. The van der Waals surface area contributed by atoms with Crippen LogP contribution in [0.1, 0.15) is 37.9 Å². The van der Waals surface area contributed by atoms with Crippen LogP contribution in [0.5, 0.6) is 0 Å². The summed E-state index contributed by atoms with van der Waals surface area (Å²) in [7, 11) is 0. The largest absolute Gasteiger partial charge is 0.325 e. The Morgan fingerprint density at radius 3 is 2.65 bits per heavy atom. The number of nitrogens with one attached hydrogen (secondary N) is 2. The van der Waals surface area contributed by atoms with Crippen molar-refractivity contribution in [3.05, 3.63) is 51.9 Å². The van der Waals surface area contributed by atoms with Gasteiger partial charge in [0.15, 0.2) is 5.16 Å². The van der Waals surface area contributed by atoms with Crippen LogP contribution in [0.15, 0.2) is 40.3 Å². The third-order valence-corrected chi connectivity index (χ3v) is 4.26. The molecule has 1 atom stereocenters. The monoisotopic (exact) mass is 331 g/mol. The molecule has 5 nitrogen and oxygen atoms in total. The van der Waals surface area contributed by atoms with Gasteiger partial charge in [0, 0.05) is 11.8 Å². The Morgan fingerprint density at radius 2 is 2.00 bits per heavy atom. The van der Waals surface area contributed by atoms with Crippen LogP contribution >= 0.6 is 11.8 Å². The van der Waals surface area contributed by atoms with Gasteiger partial charge in [0.2, 0.25) is 5.91 Å². The van der Waals surface area contributed by atoms with E-state index in [9.17, 15) is 9.59 Å². The fraction of sp³-hybridized carbons (Fsp3) is 0.353. The Hall–Kier alpha value is -2.08. The summed E-state index contributed by atoms with van der Waals surface area (Å²) in [4.78, 5) is 31.0. The van der Waals surface area contributed by atoms with E-state index >= 15 is 0 Å². The maximum Gasteiger partial charge on any atom is 0.251 e. The first-order valence-electron chi connectivity index (χ1n) is 7.50. The van der Waals surface area contributed by atoms with E-state index in [1.807, 2.05) is 45.0 Å². The SMILES string of the molecule is Cc1cccc(NC(=O)C(C)Sc2nc(C(C)C)cc(=O)[nH]2)c1. The molecule has 1 aromatic heterocycles. The quantitative estimate of drug-likeness (QED) is 0.651. The second-order valence-electron chi connectivity index (χ2n) is 5.75. The first kappa shape index (κ1) is 17.3. The first-order valence-corrected chi connectivity index (χ1v) is 8.38. The van der Waals surface area contributed by atoms with E-state index in [1.165, 1.54) is 17.8 Å². The van der Waals surface area contributed by atoms with Crippen LogP contribution in [0.2, 0.25) is 0 Å². The van der Waals surface area contributed by atoms with E-state index in [1.54, 1.807) is 6.92 Å². The Labute approximate surface area is 139 Å². The second-order valence-corrected chi connectivity index (χ2v) is 7.08. The van der Waals surface area contributed by atoms with Crippen LogP contribution < -0.4 is 10.9 Å². The van der Waals surface area contributed by atoms with Crippen LogP contribution in [0.3, 0.4) is 0 Å². The molecule has 1 unspecified atom stereocenters. The molecule has 2 N–H and O–H groups in total. The van der Waals surface area contributed by atoms with Gasteiger partial charge in [-0.2, -0.15) is 0 Å². The molecule has 1 amide bonds. The van der Waals surface area contributed by atoms with Gasteiger partial charge in [-0.1, -0.05) is 37.7 Å². The maximum absolute atomic E-state index is 12.3. The molecule has 0 aliphatic carbocycles. The van der Waals surface area contributed by atoms with Crippen molar-refractivity contribution in [2.75, 3.05) is 5.32 Å². The lowest BCUT2D eigenvalue weighted by Crippen LogP contribution is -2.23. The topological polar surface area (TPSA) is 74.8 Å². The average molecular weight is 331 g/mol. The molecule has 6 heteroatoms. The van der Waals surface area contributed by atoms with Gasteiger partial charge in [0.1, 0.15) is 0 Å². The van der Waals surface area contributed by atoms with E-state index in [0.29, 0.717) is 5.16 Å². The lowest BCUT2D eigenvalue weighted by Gasteiger charge is -2.12. The highest BCUT2D eigenvalue weighted by atomic mass is 32.2. The maximum atomic E-state index is 12.3. The second kappa shape index (κ2) is 7.46. The number of rotatable bonds is 5. The van der Waals surface area contributed by atoms with Crippen molar-refractivity contribution in [3.8, 4) is 0 Å². The predicted molar refractivity (Wildman–Crippen MR) is 94.1 cm³/mol. The van der Waals surface area contributed by atoms with Crippen molar-refractivity contribution in [1.29, 1.82) is 0 Å². The van der Waals surface area contributed by atoms with Gasteiger partial charge in [0.05, 0.1) is 10.9 Å². The third-order valence-electron chi connectivity index (χ3n) is 3.27. The molecular formula is C17H21N3O2S. The molecule has 122 valence electrons. The van der Waals surface area contributed by atoms with Crippen molar-refractivity contribution >= 4 is 23.4 Å². The van der Waals surface area contributed by atoms with Crippen LogP contribution in [0.25, 0.3) is 0 Å². The standard InChI is InChI=1S/C17H21N3O2S/c1-10(2)14-9-15(21)20-17(19-14)23-12(4)16(22)18-13-7-5-6-11(3)8-13/h5-10,12H,1-4H3,(H,18,22)(H,19,20,21). The third kappa shape index (κ3) is 4.96. The van der Waals surface area contributed by atoms with E-state index in [4.69, 9.17) is 0 Å². The Morgan fingerprint density at radius 1 is 1.26 bits per heavy atom. The van der Waals surface area contributed by atoms with Gasteiger partial charge in [-0.05, 0) is 37.5 Å². The summed E-state index contributed by atoms with van der Waals surface area (Å²) in [5.74, 6) is 0.0336. The molecule has 2 aromatic rings. The van der Waals surface area contributed by atoms with Crippen LogP contribution in [0.4, 0.5) is 5.69 Å². The number of carbonyl (C=O) groups excluding carboxylic acids is 1. The Bertz CT molecular complexity index is 755. The smallest absolute Gasteiger partial charge is 0.251 e. The summed E-state index contributed by atoms with van der Waals surface area (Å²) in [6.45, 7) is 7.71. The van der Waals surface area contributed by atoms with Crippen LogP contribution in [-0.2, 0) is 4.79 Å². The zero-order chi connectivity index (χ0) is 17.0. The minimum atomic E-state index is -0.374. The molecule has 1 heterocycles. The molecule has 1 aromatic carbocycles. The van der Waals surface area contributed by atoms with Crippen molar-refractivity contribution in [3.63, 3.8) is 0 Å². The average Bonchev–Trinajstić information content (AvgIpc) is 2.46. The molecule has 0 aliphatic heterocycles. The molecule has 23 heavy (non-hydrogen) atoms. The molecule has 0 bridgehead atoms. The summed E-state index contributed by atoms with van der Waals surface area (Å²) in [6.07, 6.45) is 0. The Kier molecular flexibility index (Phi) is 5.60. The van der Waals surface area contributed by atoms with Gasteiger partial charge >= 0.3 is 0 Å². The number of H-pyrrole nitrogens is 1. The van der Waals surface area contributed by atoms with E-state index in [0.717, 1.165) is 16.9 Å². The van der Waals surface area contributed by atoms with Gasteiger partial charge in [-0.25, -0.2) is 4.98 Å². The lowest BCUT2D eigenvalue weighted by atomic mass is 10.1. The van der Waals surface area contributed by atoms with Crippen molar-refractivity contribution in [2.45, 2.75) is 44.0 Å². The number of hydrogen-bond acceptors (Lipinski definition) is 4. The normalized spacial score (nSPS) is 12.2. The zero-order valence-corrected chi connectivity index (χ0v) is 14.5. The molecule has 0 saturated heterocycles. The van der Waals surface area contributed by atoms with Gasteiger partial charge in [-0.15, -0.1) is 0 Å². The molecular weight excluding hydrogens is 310 g/mol. The summed E-state index contributed by atoms with van der Waals surface area (Å²) >= 11 is 1.24. The minimum absolute atomic E-state index is 0.127. The number of carbonyl (C=O) groups is 1. The molecule has 0 saturated carbocycles. The highest BCUT2D eigenvalue weighted by molar-refractivity contribution is 8.00. The van der Waals surface area contributed by atoms with Crippen molar-refractivity contribution < 1.29 is 4.79 Å². The summed E-state index contributed by atoms with van der Waals surface area (Å²) in [5, 5.41) is 2.97. The fourth-order valence-corrected chi connectivity index (χ4v) is 2.81. The number of aromatic amines is 1. The van der Waals surface area contributed by atoms with Gasteiger partial charge < -0.3 is 10.3 Å². The number of aromatic nitrogens is 2. The lowest BCUT2D eigenvalue weighted by molar-refractivity contribution is -0.115. The molecule has 0 spiro atoms. The molecule has 2 rings (SSSR count). The molecule has 0 fully saturated rings. The highest BCUT2D eigenvalue weighted by Crippen LogP contribution is 2.21. The highest BCUT2D eigenvalue weighted by Gasteiger charge is 2.17. The predicted octanol–water partition coefficient (Wildman–Crippen LogP) is 3.32. The van der Waals surface area contributed by atoms with Gasteiger partial charge in [0.25, 0.3) is 5.56 Å². The number of anilines is 1. The summed E-state index contributed by atoms with van der Waals surface area (Å²) in [6, 6.07) is 9.12. The summed E-state index contributed by atoms with van der Waals surface area (Å²) < 4.78 is 0. The van der Waals surface area contributed by atoms with E-state index in [2.05, 4.69) is 15.3 Å². The number of amides is 1. The molecule has 0 aliphatic rings. The van der Waals surface area contributed by atoms with E-state index in [-0.39, 0.29) is 22.6 Å².